The van der Waals surface area contributed by atoms with Gasteiger partial charge in [-0.2, -0.15) is 0 Å². The molecule has 0 saturated carbocycles. The van der Waals surface area contributed by atoms with Gasteiger partial charge in [0.25, 0.3) is 5.91 Å². The number of nitrogens with one attached hydrogen (secondary N) is 1. The van der Waals surface area contributed by atoms with Crippen LogP contribution < -0.4 is 10.1 Å². The number of rotatable bonds is 6. The van der Waals surface area contributed by atoms with E-state index in [1.807, 2.05) is 25.7 Å². The Morgan fingerprint density at radius 1 is 1.14 bits per heavy atom. The molecule has 1 aliphatic rings. The summed E-state index contributed by atoms with van der Waals surface area (Å²) in [7, 11) is 3.16. The average Bonchev–Trinajstić information content (AvgIpc) is 2.66. The summed E-state index contributed by atoms with van der Waals surface area (Å²) in [5, 5.41) is 2.95. The molecule has 1 N–H and O–H groups in total. The second-order valence-corrected chi connectivity index (χ2v) is 8.35. The van der Waals surface area contributed by atoms with Gasteiger partial charge in [0, 0.05) is 44.3 Å². The van der Waals surface area contributed by atoms with Crippen LogP contribution in [-0.2, 0) is 9.59 Å². The van der Waals surface area contributed by atoms with E-state index in [4.69, 9.17) is 4.74 Å². The summed E-state index contributed by atoms with van der Waals surface area (Å²) in [5.41, 5.74) is 0.226. The maximum absolute atomic E-state index is 12.6. The van der Waals surface area contributed by atoms with Gasteiger partial charge < -0.3 is 19.9 Å². The van der Waals surface area contributed by atoms with E-state index >= 15 is 0 Å². The Bertz CT molecular complexity index is 736. The third-order valence-corrected chi connectivity index (χ3v) is 4.64. The van der Waals surface area contributed by atoms with Crippen molar-refractivity contribution in [2.24, 2.45) is 0 Å². The zero-order chi connectivity index (χ0) is 21.6. The Hall–Kier alpha value is -2.61. The number of carbonyl (C=O) groups excluding carboxylic acids is 3. The molecule has 1 aromatic carbocycles. The van der Waals surface area contributed by atoms with Crippen LogP contribution in [0.5, 0.6) is 5.75 Å². The first-order valence-electron chi connectivity index (χ1n) is 9.80. The van der Waals surface area contributed by atoms with Crippen LogP contribution in [0.1, 0.15) is 31.1 Å². The van der Waals surface area contributed by atoms with Gasteiger partial charge in [-0.15, -0.1) is 0 Å². The Kier molecular flexibility index (Phi) is 7.61. The highest BCUT2D eigenvalue weighted by Gasteiger charge is 2.25. The molecule has 0 spiro atoms. The number of carbonyl (C=O) groups is 3. The number of ether oxygens (including phenoxy) is 1. The van der Waals surface area contributed by atoms with Crippen LogP contribution in [0.25, 0.3) is 0 Å². The topological polar surface area (TPSA) is 82.2 Å². The molecule has 0 atom stereocenters. The Balaban J connectivity index is 1.81. The van der Waals surface area contributed by atoms with E-state index in [0.717, 1.165) is 0 Å². The lowest BCUT2D eigenvalue weighted by Crippen LogP contribution is -2.54. The zero-order valence-corrected chi connectivity index (χ0v) is 18.0. The van der Waals surface area contributed by atoms with Crippen molar-refractivity contribution in [1.82, 2.24) is 20.0 Å². The van der Waals surface area contributed by atoms with Crippen molar-refractivity contribution in [1.29, 1.82) is 0 Å². The summed E-state index contributed by atoms with van der Waals surface area (Å²) in [6, 6.07) is 6.87. The van der Waals surface area contributed by atoms with Crippen LogP contribution in [-0.4, -0.2) is 91.4 Å². The number of methoxy groups -OCH3 is 1. The van der Waals surface area contributed by atoms with Crippen molar-refractivity contribution >= 4 is 17.7 Å². The van der Waals surface area contributed by atoms with Crippen molar-refractivity contribution in [3.05, 3.63) is 29.8 Å². The van der Waals surface area contributed by atoms with Gasteiger partial charge in [-0.05, 0) is 39.0 Å². The fourth-order valence-corrected chi connectivity index (χ4v) is 3.17. The largest absolute Gasteiger partial charge is 0.497 e. The van der Waals surface area contributed by atoms with Gasteiger partial charge in [0.15, 0.2) is 0 Å². The fraction of sp³-hybridized carbons (Fsp3) is 0.571. The summed E-state index contributed by atoms with van der Waals surface area (Å²) in [4.78, 5) is 42.4. The molecule has 1 saturated heterocycles. The molecular formula is C21H32N4O4. The third kappa shape index (κ3) is 7.05. The first-order valence-corrected chi connectivity index (χ1v) is 9.80. The Morgan fingerprint density at radius 2 is 1.79 bits per heavy atom. The minimum Gasteiger partial charge on any atom is -0.497 e. The molecule has 160 valence electrons. The van der Waals surface area contributed by atoms with Crippen LogP contribution in [0.2, 0.25) is 0 Å². The molecule has 0 aromatic heterocycles. The Morgan fingerprint density at radius 3 is 2.38 bits per heavy atom. The van der Waals surface area contributed by atoms with Crippen LogP contribution in [0.15, 0.2) is 24.3 Å². The SMILES string of the molecule is COc1cccc(C(=O)N(C)CC(=O)N2CCN(CC(=O)NC(C)(C)C)CC2)c1. The molecule has 0 bridgehead atoms. The second kappa shape index (κ2) is 9.73. The van der Waals surface area contributed by atoms with E-state index in [0.29, 0.717) is 44.0 Å². The molecule has 1 aromatic rings. The van der Waals surface area contributed by atoms with Gasteiger partial charge in [0.05, 0.1) is 20.2 Å². The molecule has 0 radical (unpaired) electrons. The first-order chi connectivity index (χ1) is 13.6. The fourth-order valence-electron chi connectivity index (χ4n) is 3.17. The van der Waals surface area contributed by atoms with Gasteiger partial charge in [0.1, 0.15) is 5.75 Å². The molecular weight excluding hydrogens is 372 g/mol. The number of piperazine rings is 1. The molecule has 3 amide bonds. The lowest BCUT2D eigenvalue weighted by molar-refractivity contribution is -0.133. The van der Waals surface area contributed by atoms with Gasteiger partial charge in [-0.3, -0.25) is 19.3 Å². The maximum Gasteiger partial charge on any atom is 0.254 e. The van der Waals surface area contributed by atoms with E-state index in [1.54, 1.807) is 43.3 Å². The maximum atomic E-state index is 12.6. The smallest absolute Gasteiger partial charge is 0.254 e. The highest BCUT2D eigenvalue weighted by atomic mass is 16.5. The molecule has 2 rings (SSSR count). The van der Waals surface area contributed by atoms with E-state index in [1.165, 1.54) is 4.90 Å². The molecule has 1 fully saturated rings. The van der Waals surface area contributed by atoms with Gasteiger partial charge >= 0.3 is 0 Å². The first kappa shape index (κ1) is 22.7. The van der Waals surface area contributed by atoms with E-state index in [-0.39, 0.29) is 29.8 Å². The molecule has 1 heterocycles. The molecule has 29 heavy (non-hydrogen) atoms. The summed E-state index contributed by atoms with van der Waals surface area (Å²) in [5.74, 6) is 0.264. The number of hydrogen-bond acceptors (Lipinski definition) is 5. The zero-order valence-electron chi connectivity index (χ0n) is 18.0. The van der Waals surface area contributed by atoms with Crippen LogP contribution in [0, 0.1) is 0 Å². The quantitative estimate of drug-likeness (QED) is 0.759. The number of likely N-dealkylation sites (N-methyl/N-ethyl adjacent to an activating group) is 1. The number of benzene rings is 1. The van der Waals surface area contributed by atoms with Gasteiger partial charge in [-0.1, -0.05) is 6.07 Å². The molecule has 0 unspecified atom stereocenters. The minimum atomic E-state index is -0.255. The summed E-state index contributed by atoms with van der Waals surface area (Å²) < 4.78 is 5.15. The van der Waals surface area contributed by atoms with Crippen LogP contribution >= 0.6 is 0 Å². The number of amides is 3. The molecule has 8 heteroatoms. The summed E-state index contributed by atoms with van der Waals surface area (Å²) in [6.07, 6.45) is 0. The number of nitrogens with zero attached hydrogens (tertiary/aromatic N) is 3. The summed E-state index contributed by atoms with van der Waals surface area (Å²) in [6.45, 7) is 8.55. The molecule has 8 nitrogen and oxygen atoms in total. The standard InChI is InChI=1S/C21H32N4O4/c1-21(2,3)22-18(26)14-24-9-11-25(12-10-24)19(27)15-23(4)20(28)16-7-6-8-17(13-16)29-5/h6-8,13H,9-12,14-15H2,1-5H3,(H,22,26). The highest BCUT2D eigenvalue weighted by Crippen LogP contribution is 2.14. The monoisotopic (exact) mass is 404 g/mol. The Labute approximate surface area is 172 Å². The predicted octanol–water partition coefficient (Wildman–Crippen LogP) is 0.826. The second-order valence-electron chi connectivity index (χ2n) is 8.35. The van der Waals surface area contributed by atoms with E-state index in [2.05, 4.69) is 5.32 Å². The molecule has 1 aliphatic heterocycles. The van der Waals surface area contributed by atoms with Crippen LogP contribution in [0.3, 0.4) is 0 Å². The minimum absolute atomic E-state index is 0.0131. The average molecular weight is 405 g/mol. The van der Waals surface area contributed by atoms with Crippen molar-refractivity contribution in [2.75, 3.05) is 53.4 Å². The van der Waals surface area contributed by atoms with Crippen molar-refractivity contribution in [2.45, 2.75) is 26.3 Å². The predicted molar refractivity (Wildman–Crippen MR) is 111 cm³/mol. The third-order valence-electron chi connectivity index (χ3n) is 4.64. The van der Waals surface area contributed by atoms with Crippen LogP contribution in [0.4, 0.5) is 0 Å². The van der Waals surface area contributed by atoms with Crippen molar-refractivity contribution < 1.29 is 19.1 Å². The van der Waals surface area contributed by atoms with Gasteiger partial charge in [-0.25, -0.2) is 0 Å². The lowest BCUT2D eigenvalue weighted by atomic mass is 10.1. The number of hydrogen-bond donors (Lipinski definition) is 1. The van der Waals surface area contributed by atoms with Crippen molar-refractivity contribution in [3.8, 4) is 5.75 Å². The molecule has 0 aliphatic carbocycles. The highest BCUT2D eigenvalue weighted by molar-refractivity contribution is 5.96. The van der Waals surface area contributed by atoms with E-state index < -0.39 is 0 Å². The van der Waals surface area contributed by atoms with Gasteiger partial charge in [0.2, 0.25) is 11.8 Å². The summed E-state index contributed by atoms with van der Waals surface area (Å²) >= 11 is 0. The normalized spacial score (nSPS) is 15.0. The van der Waals surface area contributed by atoms with Crippen molar-refractivity contribution in [3.63, 3.8) is 0 Å². The lowest BCUT2D eigenvalue weighted by Gasteiger charge is -2.35. The van der Waals surface area contributed by atoms with E-state index in [9.17, 15) is 14.4 Å².